The molecule has 3 heteroatoms. The number of hydrogen-bond donors (Lipinski definition) is 2. The van der Waals surface area contributed by atoms with Gasteiger partial charge in [0.25, 0.3) is 0 Å². The van der Waals surface area contributed by atoms with E-state index in [1.54, 1.807) is 0 Å². The van der Waals surface area contributed by atoms with Crippen LogP contribution in [0.25, 0.3) is 0 Å². The van der Waals surface area contributed by atoms with Crippen LogP contribution >= 0.6 is 0 Å². The molecule has 1 fully saturated rings. The molecule has 1 saturated carbocycles. The van der Waals surface area contributed by atoms with Crippen molar-refractivity contribution >= 4 is 5.91 Å². The SMILES string of the molecule is CNCC1(C(=O)NCc2cc(C)ccc2C)CCC1. The van der Waals surface area contributed by atoms with Gasteiger partial charge in [0.1, 0.15) is 0 Å². The van der Waals surface area contributed by atoms with Crippen LogP contribution < -0.4 is 10.6 Å². The first-order valence-electron chi connectivity index (χ1n) is 7.06. The molecule has 1 aliphatic rings. The average Bonchev–Trinajstić information content (AvgIpc) is 2.34. The molecular weight excluding hydrogens is 236 g/mol. The second-order valence-corrected chi connectivity index (χ2v) is 5.78. The van der Waals surface area contributed by atoms with E-state index in [4.69, 9.17) is 0 Å². The molecule has 0 spiro atoms. The molecule has 2 rings (SSSR count). The lowest BCUT2D eigenvalue weighted by Crippen LogP contribution is -2.50. The van der Waals surface area contributed by atoms with Gasteiger partial charge in [0.15, 0.2) is 0 Å². The van der Waals surface area contributed by atoms with E-state index in [0.29, 0.717) is 6.54 Å². The molecule has 2 N–H and O–H groups in total. The van der Waals surface area contributed by atoms with Gasteiger partial charge < -0.3 is 10.6 Å². The number of aryl methyl sites for hydroxylation is 2. The first-order valence-corrected chi connectivity index (χ1v) is 7.06. The van der Waals surface area contributed by atoms with Gasteiger partial charge in [-0.2, -0.15) is 0 Å². The molecule has 0 atom stereocenters. The zero-order valence-corrected chi connectivity index (χ0v) is 12.2. The molecular formula is C16H24N2O. The highest BCUT2D eigenvalue weighted by atomic mass is 16.2. The summed E-state index contributed by atoms with van der Waals surface area (Å²) >= 11 is 0. The second-order valence-electron chi connectivity index (χ2n) is 5.78. The summed E-state index contributed by atoms with van der Waals surface area (Å²) in [4.78, 5) is 12.4. The number of amides is 1. The Bertz CT molecular complexity index is 464. The Morgan fingerprint density at radius 3 is 2.63 bits per heavy atom. The normalized spacial score (nSPS) is 16.8. The van der Waals surface area contributed by atoms with Gasteiger partial charge in [-0.1, -0.05) is 30.2 Å². The zero-order valence-electron chi connectivity index (χ0n) is 12.2. The number of carbonyl (C=O) groups is 1. The summed E-state index contributed by atoms with van der Waals surface area (Å²) in [5, 5.41) is 6.26. The Morgan fingerprint density at radius 1 is 1.32 bits per heavy atom. The Hall–Kier alpha value is -1.35. The van der Waals surface area contributed by atoms with Crippen LogP contribution in [0.1, 0.15) is 36.0 Å². The Kier molecular flexibility index (Phi) is 4.25. The number of nitrogens with one attached hydrogen (secondary N) is 2. The summed E-state index contributed by atoms with van der Waals surface area (Å²) in [7, 11) is 1.91. The van der Waals surface area contributed by atoms with Crippen molar-refractivity contribution in [1.29, 1.82) is 0 Å². The van der Waals surface area contributed by atoms with Crippen molar-refractivity contribution in [1.82, 2.24) is 10.6 Å². The van der Waals surface area contributed by atoms with E-state index in [0.717, 1.165) is 19.4 Å². The Morgan fingerprint density at radius 2 is 2.05 bits per heavy atom. The lowest BCUT2D eigenvalue weighted by atomic mass is 9.68. The lowest BCUT2D eigenvalue weighted by Gasteiger charge is -2.40. The molecule has 0 saturated heterocycles. The molecule has 3 nitrogen and oxygen atoms in total. The van der Waals surface area contributed by atoms with Gasteiger partial charge in [0.2, 0.25) is 5.91 Å². The third kappa shape index (κ3) is 2.98. The van der Waals surface area contributed by atoms with Crippen LogP contribution in [0.4, 0.5) is 0 Å². The first-order chi connectivity index (χ1) is 9.07. The third-order valence-electron chi connectivity index (χ3n) is 4.25. The van der Waals surface area contributed by atoms with Gasteiger partial charge in [-0.05, 0) is 44.9 Å². The summed E-state index contributed by atoms with van der Waals surface area (Å²) in [5.74, 6) is 0.203. The second kappa shape index (κ2) is 5.74. The fourth-order valence-corrected chi connectivity index (χ4v) is 2.78. The summed E-state index contributed by atoms with van der Waals surface area (Å²) < 4.78 is 0. The van der Waals surface area contributed by atoms with Gasteiger partial charge >= 0.3 is 0 Å². The average molecular weight is 260 g/mol. The number of hydrogen-bond acceptors (Lipinski definition) is 2. The first kappa shape index (κ1) is 14.1. The predicted octanol–water partition coefficient (Wildman–Crippen LogP) is 2.31. The van der Waals surface area contributed by atoms with Gasteiger partial charge in [-0.15, -0.1) is 0 Å². The number of carbonyl (C=O) groups excluding carboxylic acids is 1. The standard InChI is InChI=1S/C16H24N2O/c1-12-5-6-13(2)14(9-12)10-18-15(19)16(11-17-3)7-4-8-16/h5-6,9,17H,4,7-8,10-11H2,1-3H3,(H,18,19). The smallest absolute Gasteiger partial charge is 0.227 e. The maximum atomic E-state index is 12.4. The summed E-state index contributed by atoms with van der Waals surface area (Å²) in [6, 6.07) is 6.37. The minimum absolute atomic E-state index is 0.160. The van der Waals surface area contributed by atoms with E-state index in [1.807, 2.05) is 7.05 Å². The van der Waals surface area contributed by atoms with E-state index in [9.17, 15) is 4.79 Å². The van der Waals surface area contributed by atoms with Crippen LogP contribution in [-0.4, -0.2) is 19.5 Å². The van der Waals surface area contributed by atoms with Crippen LogP contribution in [0.15, 0.2) is 18.2 Å². The van der Waals surface area contributed by atoms with Gasteiger partial charge in [0, 0.05) is 13.1 Å². The van der Waals surface area contributed by atoms with Crippen LogP contribution in [0.5, 0.6) is 0 Å². The molecule has 104 valence electrons. The van der Waals surface area contributed by atoms with Crippen molar-refractivity contribution in [3.05, 3.63) is 34.9 Å². The fourth-order valence-electron chi connectivity index (χ4n) is 2.78. The van der Waals surface area contributed by atoms with Gasteiger partial charge in [-0.3, -0.25) is 4.79 Å². The summed E-state index contributed by atoms with van der Waals surface area (Å²) in [6.07, 6.45) is 3.18. The van der Waals surface area contributed by atoms with Gasteiger partial charge in [-0.25, -0.2) is 0 Å². The minimum atomic E-state index is -0.160. The van der Waals surface area contributed by atoms with Crippen molar-refractivity contribution in [2.75, 3.05) is 13.6 Å². The monoisotopic (exact) mass is 260 g/mol. The quantitative estimate of drug-likeness (QED) is 0.853. The van der Waals surface area contributed by atoms with Crippen molar-refractivity contribution < 1.29 is 4.79 Å². The highest BCUT2D eigenvalue weighted by Gasteiger charge is 2.43. The lowest BCUT2D eigenvalue weighted by molar-refractivity contribution is -0.135. The molecule has 0 heterocycles. The largest absolute Gasteiger partial charge is 0.351 e. The number of benzene rings is 1. The van der Waals surface area contributed by atoms with Crippen molar-refractivity contribution in [3.63, 3.8) is 0 Å². The molecule has 0 radical (unpaired) electrons. The van der Waals surface area contributed by atoms with Gasteiger partial charge in [0.05, 0.1) is 5.41 Å². The summed E-state index contributed by atoms with van der Waals surface area (Å²) in [6.45, 7) is 5.59. The molecule has 1 amide bonds. The highest BCUT2D eigenvalue weighted by molar-refractivity contribution is 5.83. The molecule has 1 aromatic rings. The molecule has 0 aromatic heterocycles. The van der Waals surface area contributed by atoms with Crippen LogP contribution in [0, 0.1) is 19.3 Å². The van der Waals surface area contributed by atoms with E-state index in [-0.39, 0.29) is 11.3 Å². The predicted molar refractivity (Wildman–Crippen MR) is 78.0 cm³/mol. The topological polar surface area (TPSA) is 41.1 Å². The third-order valence-corrected chi connectivity index (χ3v) is 4.25. The molecule has 19 heavy (non-hydrogen) atoms. The highest BCUT2D eigenvalue weighted by Crippen LogP contribution is 2.40. The molecule has 1 aromatic carbocycles. The molecule has 0 unspecified atom stereocenters. The Labute approximate surface area is 115 Å². The van der Waals surface area contributed by atoms with E-state index in [1.165, 1.54) is 23.1 Å². The van der Waals surface area contributed by atoms with E-state index in [2.05, 4.69) is 42.7 Å². The summed E-state index contributed by atoms with van der Waals surface area (Å²) in [5.41, 5.74) is 3.53. The fraction of sp³-hybridized carbons (Fsp3) is 0.562. The van der Waals surface area contributed by atoms with E-state index >= 15 is 0 Å². The molecule has 1 aliphatic carbocycles. The van der Waals surface area contributed by atoms with Crippen LogP contribution in [0.2, 0.25) is 0 Å². The van der Waals surface area contributed by atoms with Crippen molar-refractivity contribution in [2.24, 2.45) is 5.41 Å². The maximum Gasteiger partial charge on any atom is 0.227 e. The van der Waals surface area contributed by atoms with Crippen molar-refractivity contribution in [2.45, 2.75) is 39.7 Å². The van der Waals surface area contributed by atoms with Crippen LogP contribution in [-0.2, 0) is 11.3 Å². The number of rotatable bonds is 5. The van der Waals surface area contributed by atoms with E-state index < -0.39 is 0 Å². The zero-order chi connectivity index (χ0) is 13.9. The molecule has 0 bridgehead atoms. The van der Waals surface area contributed by atoms with Crippen LogP contribution in [0.3, 0.4) is 0 Å². The Balaban J connectivity index is 1.98. The minimum Gasteiger partial charge on any atom is -0.351 e. The maximum absolute atomic E-state index is 12.4. The molecule has 0 aliphatic heterocycles. The van der Waals surface area contributed by atoms with Crippen molar-refractivity contribution in [3.8, 4) is 0 Å².